The van der Waals surface area contributed by atoms with Gasteiger partial charge in [-0.2, -0.15) is 0 Å². The van der Waals surface area contributed by atoms with Gasteiger partial charge in [-0.05, 0) is 61.2 Å². The van der Waals surface area contributed by atoms with Crippen molar-refractivity contribution in [2.75, 3.05) is 13.7 Å². The lowest BCUT2D eigenvalue weighted by Crippen LogP contribution is -2.41. The maximum Gasteiger partial charge on any atom is 0.266 e. The Morgan fingerprint density at radius 1 is 1.12 bits per heavy atom. The fraction of sp³-hybridized carbons (Fsp3) is 0.560. The Morgan fingerprint density at radius 2 is 1.82 bits per heavy atom. The van der Waals surface area contributed by atoms with Crippen LogP contribution in [0, 0.1) is 0 Å². The van der Waals surface area contributed by atoms with Crippen molar-refractivity contribution in [2.24, 2.45) is 10.7 Å². The van der Waals surface area contributed by atoms with Gasteiger partial charge in [0.1, 0.15) is 0 Å². The van der Waals surface area contributed by atoms with Gasteiger partial charge in [-0.15, -0.1) is 0 Å². The topological polar surface area (TPSA) is 94.2 Å². The van der Waals surface area contributed by atoms with Gasteiger partial charge in [0, 0.05) is 6.04 Å². The van der Waals surface area contributed by atoms with E-state index >= 15 is 0 Å². The lowest BCUT2D eigenvalue weighted by molar-refractivity contribution is -0.124. The highest BCUT2D eigenvalue weighted by Gasteiger charge is 2.39. The van der Waals surface area contributed by atoms with Gasteiger partial charge in [0.15, 0.2) is 23.3 Å². The average molecular weight is 472 g/mol. The maximum absolute atomic E-state index is 13.5. The molecule has 7 nitrogen and oxygen atoms in total. The summed E-state index contributed by atoms with van der Waals surface area (Å²) in [6.07, 6.45) is 13.5. The van der Waals surface area contributed by atoms with E-state index in [0.29, 0.717) is 22.4 Å². The molecule has 2 saturated carbocycles. The molecular weight excluding hydrogens is 438 g/mol. The van der Waals surface area contributed by atoms with Crippen LogP contribution >= 0.6 is 11.8 Å². The Morgan fingerprint density at radius 3 is 2.48 bits per heavy atom. The molecule has 33 heavy (non-hydrogen) atoms. The molecule has 0 spiro atoms. The van der Waals surface area contributed by atoms with Crippen LogP contribution in [0.5, 0.6) is 11.5 Å². The van der Waals surface area contributed by atoms with Crippen LogP contribution in [0.4, 0.5) is 0 Å². The van der Waals surface area contributed by atoms with Gasteiger partial charge in [-0.1, -0.05) is 44.6 Å². The Balaban J connectivity index is 1.59. The van der Waals surface area contributed by atoms with Crippen LogP contribution < -0.4 is 15.2 Å². The second-order valence-corrected chi connectivity index (χ2v) is 9.96. The van der Waals surface area contributed by atoms with Gasteiger partial charge in [-0.3, -0.25) is 19.5 Å². The lowest BCUT2D eigenvalue weighted by Gasteiger charge is -2.31. The van der Waals surface area contributed by atoms with Crippen molar-refractivity contribution in [1.29, 1.82) is 0 Å². The van der Waals surface area contributed by atoms with Crippen LogP contribution in [0.2, 0.25) is 0 Å². The number of nitrogens with zero attached hydrogens (tertiary/aromatic N) is 2. The molecule has 1 heterocycles. The van der Waals surface area contributed by atoms with Crippen molar-refractivity contribution in [3.05, 3.63) is 28.7 Å². The minimum Gasteiger partial charge on any atom is -0.493 e. The number of hydrogen-bond donors (Lipinski definition) is 1. The highest BCUT2D eigenvalue weighted by Crippen LogP contribution is 2.39. The van der Waals surface area contributed by atoms with Crippen molar-refractivity contribution in [1.82, 2.24) is 4.90 Å². The first kappa shape index (κ1) is 23.7. The third kappa shape index (κ3) is 5.91. The first-order chi connectivity index (χ1) is 16.0. The van der Waals surface area contributed by atoms with E-state index in [1.165, 1.54) is 50.3 Å². The molecule has 178 valence electrons. The number of ether oxygens (including phenoxy) is 2. The van der Waals surface area contributed by atoms with E-state index < -0.39 is 5.91 Å². The summed E-state index contributed by atoms with van der Waals surface area (Å²) in [6, 6.07) is 5.94. The average Bonchev–Trinajstić information content (AvgIpc) is 3.13. The van der Waals surface area contributed by atoms with Gasteiger partial charge in [0.25, 0.3) is 11.8 Å². The van der Waals surface area contributed by atoms with Crippen LogP contribution in [0.25, 0.3) is 6.08 Å². The van der Waals surface area contributed by atoms with Crippen molar-refractivity contribution < 1.29 is 19.1 Å². The number of aliphatic imine (C=N–C) groups is 1. The molecule has 3 aliphatic rings. The monoisotopic (exact) mass is 471 g/mol. The first-order valence-electron chi connectivity index (χ1n) is 11.9. The summed E-state index contributed by atoms with van der Waals surface area (Å²) in [6.45, 7) is -0.220. The fourth-order valence-electron chi connectivity index (χ4n) is 4.80. The zero-order chi connectivity index (χ0) is 23.2. The molecule has 0 bridgehead atoms. The van der Waals surface area contributed by atoms with Crippen LogP contribution in [0.3, 0.4) is 0 Å². The normalized spacial score (nSPS) is 22.8. The number of benzene rings is 1. The zero-order valence-electron chi connectivity index (χ0n) is 19.3. The van der Waals surface area contributed by atoms with E-state index in [1.54, 1.807) is 19.2 Å². The molecule has 2 amide bonds. The van der Waals surface area contributed by atoms with Crippen molar-refractivity contribution in [3.63, 3.8) is 0 Å². The van der Waals surface area contributed by atoms with E-state index in [4.69, 9.17) is 20.2 Å². The second-order valence-electron chi connectivity index (χ2n) is 8.95. The van der Waals surface area contributed by atoms with E-state index in [-0.39, 0.29) is 18.6 Å². The van der Waals surface area contributed by atoms with Crippen molar-refractivity contribution in [2.45, 2.75) is 76.3 Å². The number of methoxy groups -OCH3 is 1. The third-order valence-electron chi connectivity index (χ3n) is 6.50. The molecule has 0 unspecified atom stereocenters. The number of rotatable bonds is 7. The van der Waals surface area contributed by atoms with Crippen molar-refractivity contribution >= 4 is 34.8 Å². The predicted octanol–water partition coefficient (Wildman–Crippen LogP) is 4.50. The zero-order valence-corrected chi connectivity index (χ0v) is 20.1. The minimum absolute atomic E-state index is 0.0504. The number of primary amides is 1. The van der Waals surface area contributed by atoms with Gasteiger partial charge < -0.3 is 15.2 Å². The number of carbonyl (C=O) groups excluding carboxylic acids is 2. The summed E-state index contributed by atoms with van der Waals surface area (Å²) < 4.78 is 10.8. The van der Waals surface area contributed by atoms with Gasteiger partial charge >= 0.3 is 0 Å². The molecule has 2 aliphatic carbocycles. The Hall–Kier alpha value is -2.48. The summed E-state index contributed by atoms with van der Waals surface area (Å²) >= 11 is 1.50. The molecule has 1 aromatic rings. The summed E-state index contributed by atoms with van der Waals surface area (Å²) in [5, 5.41) is 0.874. The lowest BCUT2D eigenvalue weighted by atomic mass is 9.94. The SMILES string of the molecule is COc1cc(C=C2SC(=NC3CCCCC3)N(C3CCCCC3)C2=O)ccc1OCC(N)=O. The molecule has 0 atom stereocenters. The summed E-state index contributed by atoms with van der Waals surface area (Å²) in [5.74, 6) is 0.423. The highest BCUT2D eigenvalue weighted by molar-refractivity contribution is 8.18. The first-order valence-corrected chi connectivity index (χ1v) is 12.8. The van der Waals surface area contributed by atoms with Crippen LogP contribution in [-0.4, -0.2) is 47.7 Å². The predicted molar refractivity (Wildman–Crippen MR) is 131 cm³/mol. The standard InChI is InChI=1S/C25H33N3O4S/c1-31-21-14-17(12-13-20(21)32-16-23(26)29)15-22-24(30)28(19-10-6-3-7-11-19)25(33-22)27-18-8-4-2-5-9-18/h12-15,18-19H,2-11,16H2,1H3,(H2,26,29). The van der Waals surface area contributed by atoms with Crippen molar-refractivity contribution in [3.8, 4) is 11.5 Å². The Kier molecular flexibility index (Phi) is 7.96. The van der Waals surface area contributed by atoms with E-state index in [0.717, 1.165) is 36.4 Å². The number of carbonyl (C=O) groups is 2. The molecule has 0 aromatic heterocycles. The van der Waals surface area contributed by atoms with Gasteiger partial charge in [0.2, 0.25) is 0 Å². The second kappa shape index (κ2) is 11.1. The van der Waals surface area contributed by atoms with Crippen LogP contribution in [-0.2, 0) is 9.59 Å². The molecule has 1 saturated heterocycles. The number of amidine groups is 1. The third-order valence-corrected chi connectivity index (χ3v) is 7.50. The largest absolute Gasteiger partial charge is 0.493 e. The highest BCUT2D eigenvalue weighted by atomic mass is 32.2. The fourth-order valence-corrected chi connectivity index (χ4v) is 5.91. The van der Waals surface area contributed by atoms with E-state index in [1.807, 2.05) is 17.0 Å². The van der Waals surface area contributed by atoms with E-state index in [9.17, 15) is 9.59 Å². The molecule has 0 radical (unpaired) electrons. The molecule has 1 aromatic carbocycles. The molecule has 2 N–H and O–H groups in total. The number of thioether (sulfide) groups is 1. The quantitative estimate of drug-likeness (QED) is 0.591. The minimum atomic E-state index is -0.552. The smallest absolute Gasteiger partial charge is 0.266 e. The Bertz CT molecular complexity index is 934. The Labute approximate surface area is 199 Å². The molecular formula is C25H33N3O4S. The molecule has 8 heteroatoms. The maximum atomic E-state index is 13.5. The summed E-state index contributed by atoms with van der Waals surface area (Å²) in [7, 11) is 1.54. The van der Waals surface area contributed by atoms with Crippen LogP contribution in [0.15, 0.2) is 28.1 Å². The van der Waals surface area contributed by atoms with Gasteiger partial charge in [-0.25, -0.2) is 0 Å². The molecule has 1 aliphatic heterocycles. The van der Waals surface area contributed by atoms with E-state index in [2.05, 4.69) is 0 Å². The number of hydrogen-bond acceptors (Lipinski definition) is 6. The van der Waals surface area contributed by atoms with Gasteiger partial charge in [0.05, 0.1) is 18.1 Å². The number of nitrogens with two attached hydrogens (primary N) is 1. The van der Waals surface area contributed by atoms with Crippen LogP contribution in [0.1, 0.15) is 69.8 Å². The summed E-state index contributed by atoms with van der Waals surface area (Å²) in [5.41, 5.74) is 6.00. The number of amides is 2. The molecule has 4 rings (SSSR count). The molecule has 3 fully saturated rings. The summed E-state index contributed by atoms with van der Waals surface area (Å²) in [4.78, 5) is 32.3.